The molecule has 144 valence electrons. The highest BCUT2D eigenvalue weighted by atomic mass is 79.9. The first-order valence-electron chi connectivity index (χ1n) is 9.40. The van der Waals surface area contributed by atoms with Crippen LogP contribution in [0.4, 0.5) is 5.69 Å². The third kappa shape index (κ3) is 5.50. The van der Waals surface area contributed by atoms with Gasteiger partial charge in [-0.1, -0.05) is 24.3 Å². The van der Waals surface area contributed by atoms with Gasteiger partial charge in [-0.05, 0) is 52.7 Å². The van der Waals surface area contributed by atoms with E-state index >= 15 is 0 Å². The van der Waals surface area contributed by atoms with Crippen molar-refractivity contribution in [3.8, 4) is 11.5 Å². The average molecular weight is 431 g/mol. The molecule has 3 rings (SSSR count). The predicted octanol–water partition coefficient (Wildman–Crippen LogP) is 4.69. The number of methoxy groups -OCH3 is 1. The van der Waals surface area contributed by atoms with Crippen molar-refractivity contribution in [1.82, 2.24) is 4.90 Å². The van der Waals surface area contributed by atoms with Crippen LogP contribution >= 0.6 is 15.9 Å². The minimum Gasteiger partial charge on any atom is -0.495 e. The average Bonchev–Trinajstić information content (AvgIpc) is 2.70. The molecule has 1 aliphatic heterocycles. The summed E-state index contributed by atoms with van der Waals surface area (Å²) in [5, 5.41) is 0. The maximum absolute atomic E-state index is 5.56. The van der Waals surface area contributed by atoms with Crippen molar-refractivity contribution in [1.29, 1.82) is 0 Å². The third-order valence-electron chi connectivity index (χ3n) is 4.72. The number of hydrogen-bond donors (Lipinski definition) is 0. The van der Waals surface area contributed by atoms with Crippen LogP contribution in [0.15, 0.2) is 53.0 Å². The van der Waals surface area contributed by atoms with E-state index in [1.807, 2.05) is 19.1 Å². The van der Waals surface area contributed by atoms with E-state index in [0.717, 1.165) is 48.7 Å². The number of piperazine rings is 1. The summed E-state index contributed by atoms with van der Waals surface area (Å²) in [6.07, 6.45) is 4.41. The van der Waals surface area contributed by atoms with Gasteiger partial charge in [-0.25, -0.2) is 0 Å². The fourth-order valence-corrected chi connectivity index (χ4v) is 3.65. The fraction of sp³-hybridized carbons (Fsp3) is 0.364. The second-order valence-corrected chi connectivity index (χ2v) is 7.37. The first-order valence-corrected chi connectivity index (χ1v) is 10.2. The van der Waals surface area contributed by atoms with Crippen LogP contribution in [0.25, 0.3) is 6.08 Å². The Morgan fingerprint density at radius 1 is 1.07 bits per heavy atom. The first-order chi connectivity index (χ1) is 13.2. The van der Waals surface area contributed by atoms with E-state index < -0.39 is 0 Å². The number of benzene rings is 2. The molecule has 0 unspecified atom stereocenters. The zero-order valence-corrected chi connectivity index (χ0v) is 17.6. The largest absolute Gasteiger partial charge is 0.495 e. The van der Waals surface area contributed by atoms with E-state index in [-0.39, 0.29) is 0 Å². The van der Waals surface area contributed by atoms with Crippen LogP contribution in [-0.2, 0) is 0 Å². The van der Waals surface area contributed by atoms with E-state index in [9.17, 15) is 0 Å². The highest BCUT2D eigenvalue weighted by Crippen LogP contribution is 2.30. The fourth-order valence-electron chi connectivity index (χ4n) is 3.25. The Hall–Kier alpha value is -1.98. The maximum Gasteiger partial charge on any atom is 0.135 e. The van der Waals surface area contributed by atoms with Gasteiger partial charge in [0.15, 0.2) is 0 Å². The van der Waals surface area contributed by atoms with Gasteiger partial charge >= 0.3 is 0 Å². The van der Waals surface area contributed by atoms with Crippen molar-refractivity contribution in [2.45, 2.75) is 6.92 Å². The Morgan fingerprint density at radius 3 is 2.63 bits per heavy atom. The van der Waals surface area contributed by atoms with Crippen LogP contribution in [0.5, 0.6) is 11.5 Å². The smallest absolute Gasteiger partial charge is 0.135 e. The van der Waals surface area contributed by atoms with E-state index in [4.69, 9.17) is 9.47 Å². The molecule has 0 saturated carbocycles. The Morgan fingerprint density at radius 2 is 1.89 bits per heavy atom. The minimum atomic E-state index is 0.696. The summed E-state index contributed by atoms with van der Waals surface area (Å²) < 4.78 is 12.0. The van der Waals surface area contributed by atoms with Crippen LogP contribution in [0.1, 0.15) is 12.5 Å². The molecule has 1 heterocycles. The van der Waals surface area contributed by atoms with Gasteiger partial charge in [-0.3, -0.25) is 4.90 Å². The Labute approximate surface area is 170 Å². The molecule has 0 spiro atoms. The summed E-state index contributed by atoms with van der Waals surface area (Å²) in [4.78, 5) is 4.90. The van der Waals surface area contributed by atoms with E-state index in [2.05, 4.69) is 68.2 Å². The van der Waals surface area contributed by atoms with Crippen LogP contribution in [0, 0.1) is 0 Å². The molecule has 1 fully saturated rings. The summed E-state index contributed by atoms with van der Waals surface area (Å²) in [5.74, 6) is 1.81. The highest BCUT2D eigenvalue weighted by molar-refractivity contribution is 9.10. The van der Waals surface area contributed by atoms with Gasteiger partial charge in [0.1, 0.15) is 11.5 Å². The van der Waals surface area contributed by atoms with Crippen molar-refractivity contribution in [2.75, 3.05) is 51.3 Å². The molecule has 0 radical (unpaired) electrons. The molecule has 2 aromatic rings. The standard InChI is InChI=1S/C22H27BrN2O2/c1-3-27-20-8-4-6-18(16-20)7-5-11-24-12-14-25(15-13-24)19-9-10-21(23)22(17-19)26-2/h4-10,16-17H,3,11-15H2,1-2H3/b7-5+. The van der Waals surface area contributed by atoms with Gasteiger partial charge < -0.3 is 14.4 Å². The normalized spacial score (nSPS) is 15.3. The Bertz CT molecular complexity index is 771. The lowest BCUT2D eigenvalue weighted by atomic mass is 10.2. The second kappa shape index (κ2) is 9.81. The highest BCUT2D eigenvalue weighted by Gasteiger charge is 2.17. The molecular formula is C22H27BrN2O2. The summed E-state index contributed by atoms with van der Waals surface area (Å²) in [6.45, 7) is 7.84. The summed E-state index contributed by atoms with van der Waals surface area (Å²) in [7, 11) is 1.71. The number of ether oxygens (including phenoxy) is 2. The summed E-state index contributed by atoms with van der Waals surface area (Å²) in [5.41, 5.74) is 2.40. The van der Waals surface area contributed by atoms with Crippen LogP contribution in [-0.4, -0.2) is 51.3 Å². The molecular weight excluding hydrogens is 404 g/mol. The quantitative estimate of drug-likeness (QED) is 0.635. The topological polar surface area (TPSA) is 24.9 Å². The number of hydrogen-bond acceptors (Lipinski definition) is 4. The molecule has 2 aromatic carbocycles. The van der Waals surface area contributed by atoms with Crippen LogP contribution in [0.2, 0.25) is 0 Å². The van der Waals surface area contributed by atoms with Gasteiger partial charge in [0.25, 0.3) is 0 Å². The predicted molar refractivity (Wildman–Crippen MR) is 116 cm³/mol. The first kappa shape index (κ1) is 19.8. The van der Waals surface area contributed by atoms with Crippen molar-refractivity contribution in [3.63, 3.8) is 0 Å². The summed E-state index contributed by atoms with van der Waals surface area (Å²) in [6, 6.07) is 14.5. The van der Waals surface area contributed by atoms with Crippen LogP contribution < -0.4 is 14.4 Å². The van der Waals surface area contributed by atoms with E-state index in [0.29, 0.717) is 6.61 Å². The number of nitrogens with zero attached hydrogens (tertiary/aromatic N) is 2. The van der Waals surface area contributed by atoms with Crippen molar-refractivity contribution >= 4 is 27.7 Å². The molecule has 0 N–H and O–H groups in total. The Balaban J connectivity index is 1.50. The van der Waals surface area contributed by atoms with Gasteiger partial charge in [-0.15, -0.1) is 0 Å². The van der Waals surface area contributed by atoms with Gasteiger partial charge in [0.2, 0.25) is 0 Å². The van der Waals surface area contributed by atoms with Crippen molar-refractivity contribution in [3.05, 3.63) is 58.6 Å². The van der Waals surface area contributed by atoms with Crippen LogP contribution in [0.3, 0.4) is 0 Å². The van der Waals surface area contributed by atoms with Gasteiger partial charge in [-0.2, -0.15) is 0 Å². The molecule has 0 aromatic heterocycles. The molecule has 27 heavy (non-hydrogen) atoms. The van der Waals surface area contributed by atoms with Crippen molar-refractivity contribution < 1.29 is 9.47 Å². The molecule has 5 heteroatoms. The van der Waals surface area contributed by atoms with E-state index in [1.54, 1.807) is 7.11 Å². The number of anilines is 1. The monoisotopic (exact) mass is 430 g/mol. The molecule has 0 aliphatic carbocycles. The lowest BCUT2D eigenvalue weighted by Crippen LogP contribution is -2.46. The number of rotatable bonds is 7. The van der Waals surface area contributed by atoms with Gasteiger partial charge in [0.05, 0.1) is 18.2 Å². The molecule has 0 amide bonds. The van der Waals surface area contributed by atoms with Gasteiger partial charge in [0, 0.05) is 44.5 Å². The zero-order chi connectivity index (χ0) is 19.1. The molecule has 4 nitrogen and oxygen atoms in total. The summed E-state index contributed by atoms with van der Waals surface area (Å²) >= 11 is 3.52. The Kier molecular flexibility index (Phi) is 7.18. The lowest BCUT2D eigenvalue weighted by Gasteiger charge is -2.35. The SMILES string of the molecule is CCOc1cccc(/C=C/CN2CCN(c3ccc(Br)c(OC)c3)CC2)c1. The minimum absolute atomic E-state index is 0.696. The third-order valence-corrected chi connectivity index (χ3v) is 5.37. The molecule has 0 atom stereocenters. The number of halogens is 1. The molecule has 0 bridgehead atoms. The second-order valence-electron chi connectivity index (χ2n) is 6.51. The maximum atomic E-state index is 5.56. The zero-order valence-electron chi connectivity index (χ0n) is 16.0. The van der Waals surface area contributed by atoms with Crippen molar-refractivity contribution in [2.24, 2.45) is 0 Å². The molecule has 1 aliphatic rings. The van der Waals surface area contributed by atoms with E-state index in [1.165, 1.54) is 11.3 Å². The molecule has 1 saturated heterocycles. The lowest BCUT2D eigenvalue weighted by molar-refractivity contribution is 0.284.